The summed E-state index contributed by atoms with van der Waals surface area (Å²) in [6.07, 6.45) is 0. The molecule has 0 atom stereocenters. The highest BCUT2D eigenvalue weighted by Gasteiger charge is 2.20. The summed E-state index contributed by atoms with van der Waals surface area (Å²) in [5.74, 6) is -0.374. The number of fused-ring (bicyclic) bond motifs is 1. The Balaban J connectivity index is 0.00000324. The highest BCUT2D eigenvalue weighted by molar-refractivity contribution is 6.22. The van der Waals surface area contributed by atoms with Crippen molar-refractivity contribution in [2.24, 2.45) is 10.7 Å². The van der Waals surface area contributed by atoms with Crippen LogP contribution < -0.4 is 11.1 Å². The number of carbonyl (C=O) groups excluding carboxylic acids is 1. The summed E-state index contributed by atoms with van der Waals surface area (Å²) in [6.45, 7) is 0.271. The van der Waals surface area contributed by atoms with E-state index in [9.17, 15) is 20.0 Å². The fourth-order valence-corrected chi connectivity index (χ4v) is 3.47. The van der Waals surface area contributed by atoms with Gasteiger partial charge in [0.15, 0.2) is 5.88 Å². The maximum atomic E-state index is 11.4. The molecule has 0 saturated carbocycles. The summed E-state index contributed by atoms with van der Waals surface area (Å²) in [5.41, 5.74) is 8.84. The van der Waals surface area contributed by atoms with Crippen LogP contribution in [0.2, 0.25) is 0 Å². The number of hydrogen-bond acceptors (Lipinski definition) is 6. The van der Waals surface area contributed by atoms with E-state index in [4.69, 9.17) is 10.7 Å². The number of aliphatic imine (C=N–C) groups is 1. The van der Waals surface area contributed by atoms with Crippen molar-refractivity contribution in [3.05, 3.63) is 99.6 Å². The lowest BCUT2D eigenvalue weighted by Crippen LogP contribution is -2.29. The van der Waals surface area contributed by atoms with E-state index in [2.05, 4.69) is 10.3 Å². The Kier molecular flexibility index (Phi) is 7.62. The Hall–Kier alpha value is -4.21. The Morgan fingerprint density at radius 3 is 2.44 bits per heavy atom. The SMILES string of the molecule is Cl.NCC(=O)NCc1ccc(N=C(c2ccccc2)c2c(O)[nH]c3ccc([N+](=O)[O-])cc23)cc1. The topological polar surface area (TPSA) is 147 Å². The van der Waals surface area contributed by atoms with Crippen LogP contribution in [0.25, 0.3) is 10.9 Å². The molecular weight excluding hydrogens is 458 g/mol. The Morgan fingerprint density at radius 1 is 1.09 bits per heavy atom. The highest BCUT2D eigenvalue weighted by atomic mass is 35.5. The number of benzene rings is 3. The average molecular weight is 480 g/mol. The third-order valence-electron chi connectivity index (χ3n) is 5.11. The van der Waals surface area contributed by atoms with Crippen LogP contribution in [0.4, 0.5) is 11.4 Å². The number of nitro benzene ring substituents is 1. The van der Waals surface area contributed by atoms with Crippen LogP contribution in [0.5, 0.6) is 5.88 Å². The number of aromatic nitrogens is 1. The van der Waals surface area contributed by atoms with Crippen LogP contribution >= 0.6 is 12.4 Å². The van der Waals surface area contributed by atoms with Crippen LogP contribution in [0, 0.1) is 10.1 Å². The van der Waals surface area contributed by atoms with E-state index in [1.165, 1.54) is 12.1 Å². The van der Waals surface area contributed by atoms with Crippen molar-refractivity contribution in [2.75, 3.05) is 6.54 Å². The Morgan fingerprint density at radius 2 is 1.79 bits per heavy atom. The first-order valence-corrected chi connectivity index (χ1v) is 10.2. The summed E-state index contributed by atoms with van der Waals surface area (Å²) in [6, 6.07) is 20.9. The number of nitrogens with two attached hydrogens (primary N) is 1. The smallest absolute Gasteiger partial charge is 0.270 e. The zero-order valence-electron chi connectivity index (χ0n) is 17.9. The predicted octanol–water partition coefficient (Wildman–Crippen LogP) is 3.95. The highest BCUT2D eigenvalue weighted by Crippen LogP contribution is 2.33. The first-order chi connectivity index (χ1) is 16.0. The number of aromatic amines is 1. The number of non-ortho nitro benzene ring substituents is 1. The van der Waals surface area contributed by atoms with E-state index in [1.54, 1.807) is 18.2 Å². The largest absolute Gasteiger partial charge is 0.494 e. The van der Waals surface area contributed by atoms with Gasteiger partial charge in [0.2, 0.25) is 5.91 Å². The molecule has 0 saturated heterocycles. The number of amides is 1. The molecule has 0 aliphatic carbocycles. The van der Waals surface area contributed by atoms with Gasteiger partial charge < -0.3 is 21.1 Å². The maximum Gasteiger partial charge on any atom is 0.270 e. The van der Waals surface area contributed by atoms with Gasteiger partial charge >= 0.3 is 0 Å². The third kappa shape index (κ3) is 5.22. The molecule has 0 aliphatic rings. The second kappa shape index (κ2) is 10.6. The zero-order chi connectivity index (χ0) is 23.4. The minimum atomic E-state index is -0.477. The number of aromatic hydroxyl groups is 1. The number of nitrogens with zero attached hydrogens (tertiary/aromatic N) is 2. The van der Waals surface area contributed by atoms with Gasteiger partial charge in [-0.1, -0.05) is 42.5 Å². The summed E-state index contributed by atoms with van der Waals surface area (Å²) in [7, 11) is 0. The van der Waals surface area contributed by atoms with Gasteiger partial charge in [0, 0.05) is 35.1 Å². The molecule has 0 spiro atoms. The number of hydrogen-bond donors (Lipinski definition) is 4. The van der Waals surface area contributed by atoms with Crippen molar-refractivity contribution in [2.45, 2.75) is 6.54 Å². The van der Waals surface area contributed by atoms with Gasteiger partial charge in [-0.2, -0.15) is 0 Å². The van der Waals surface area contributed by atoms with E-state index < -0.39 is 4.92 Å². The lowest BCUT2D eigenvalue weighted by atomic mass is 10.0. The van der Waals surface area contributed by atoms with E-state index in [1.807, 2.05) is 42.5 Å². The molecule has 9 nitrogen and oxygen atoms in total. The molecule has 0 unspecified atom stereocenters. The molecule has 0 aliphatic heterocycles. The van der Waals surface area contributed by atoms with Crippen molar-refractivity contribution < 1.29 is 14.8 Å². The van der Waals surface area contributed by atoms with Gasteiger partial charge in [-0.15, -0.1) is 12.4 Å². The van der Waals surface area contributed by atoms with Crippen molar-refractivity contribution in [1.29, 1.82) is 0 Å². The van der Waals surface area contributed by atoms with Crippen LogP contribution in [-0.4, -0.2) is 33.2 Å². The molecule has 1 amide bonds. The molecule has 0 radical (unpaired) electrons. The van der Waals surface area contributed by atoms with Gasteiger partial charge in [0.1, 0.15) is 0 Å². The first kappa shape index (κ1) is 24.4. The molecular formula is C24H22ClN5O4. The molecule has 1 aromatic heterocycles. The van der Waals surface area contributed by atoms with E-state index in [0.29, 0.717) is 34.4 Å². The van der Waals surface area contributed by atoms with E-state index >= 15 is 0 Å². The predicted molar refractivity (Wildman–Crippen MR) is 133 cm³/mol. The first-order valence-electron chi connectivity index (χ1n) is 10.2. The fourth-order valence-electron chi connectivity index (χ4n) is 3.47. The molecule has 1 heterocycles. The second-order valence-electron chi connectivity index (χ2n) is 7.31. The fraction of sp³-hybridized carbons (Fsp3) is 0.0833. The number of nitro groups is 1. The molecule has 4 rings (SSSR count). The Labute approximate surface area is 200 Å². The Bertz CT molecular complexity index is 1350. The van der Waals surface area contributed by atoms with Gasteiger partial charge in [-0.3, -0.25) is 14.9 Å². The quantitative estimate of drug-likeness (QED) is 0.180. The summed E-state index contributed by atoms with van der Waals surface area (Å²) in [5, 5.41) is 25.2. The number of nitrogens with one attached hydrogen (secondary N) is 2. The van der Waals surface area contributed by atoms with Crippen LogP contribution in [0.15, 0.2) is 77.8 Å². The molecule has 10 heteroatoms. The monoisotopic (exact) mass is 479 g/mol. The maximum absolute atomic E-state index is 11.4. The number of carbonyl (C=O) groups is 1. The lowest BCUT2D eigenvalue weighted by Gasteiger charge is -2.09. The summed E-state index contributed by atoms with van der Waals surface area (Å²) < 4.78 is 0. The zero-order valence-corrected chi connectivity index (χ0v) is 18.7. The normalized spacial score (nSPS) is 11.1. The van der Waals surface area contributed by atoms with Gasteiger partial charge in [-0.25, -0.2) is 4.99 Å². The van der Waals surface area contributed by atoms with Crippen LogP contribution in [0.3, 0.4) is 0 Å². The van der Waals surface area contributed by atoms with Crippen molar-refractivity contribution in [1.82, 2.24) is 10.3 Å². The summed E-state index contributed by atoms with van der Waals surface area (Å²) >= 11 is 0. The average Bonchev–Trinajstić information content (AvgIpc) is 3.16. The van der Waals surface area contributed by atoms with Gasteiger partial charge in [-0.05, 0) is 23.8 Å². The molecule has 4 aromatic rings. The molecule has 0 fully saturated rings. The lowest BCUT2D eigenvalue weighted by molar-refractivity contribution is -0.384. The van der Waals surface area contributed by atoms with Gasteiger partial charge in [0.05, 0.1) is 28.4 Å². The van der Waals surface area contributed by atoms with Gasteiger partial charge in [0.25, 0.3) is 5.69 Å². The van der Waals surface area contributed by atoms with Crippen molar-refractivity contribution >= 4 is 46.3 Å². The minimum Gasteiger partial charge on any atom is -0.494 e. The second-order valence-corrected chi connectivity index (χ2v) is 7.31. The van der Waals surface area contributed by atoms with Crippen molar-refractivity contribution in [3.63, 3.8) is 0 Å². The number of H-pyrrole nitrogens is 1. The third-order valence-corrected chi connectivity index (χ3v) is 5.11. The minimum absolute atomic E-state index is 0. The molecule has 3 aromatic carbocycles. The standard InChI is InChI=1S/C24H21N5O4.ClH/c25-13-21(30)26-14-15-6-8-17(9-7-15)27-23(16-4-2-1-3-5-16)22-19-12-18(29(32)33)10-11-20(19)28-24(22)31;/h1-12,28,31H,13-14,25H2,(H,26,30);1H. The van der Waals surface area contributed by atoms with Crippen LogP contribution in [0.1, 0.15) is 16.7 Å². The van der Waals surface area contributed by atoms with Crippen LogP contribution in [-0.2, 0) is 11.3 Å². The molecule has 34 heavy (non-hydrogen) atoms. The van der Waals surface area contributed by atoms with Crippen molar-refractivity contribution in [3.8, 4) is 5.88 Å². The number of rotatable bonds is 7. The summed E-state index contributed by atoms with van der Waals surface area (Å²) in [4.78, 5) is 29.8. The van der Waals surface area contributed by atoms with E-state index in [0.717, 1.165) is 11.1 Å². The number of halogens is 1. The molecule has 174 valence electrons. The molecule has 0 bridgehead atoms. The van der Waals surface area contributed by atoms with E-state index in [-0.39, 0.29) is 36.4 Å². The molecule has 5 N–H and O–H groups in total.